The van der Waals surface area contributed by atoms with E-state index in [0.29, 0.717) is 27.7 Å². The van der Waals surface area contributed by atoms with Gasteiger partial charge in [-0.3, -0.25) is 19.7 Å². The van der Waals surface area contributed by atoms with Crippen LogP contribution in [0.15, 0.2) is 78.5 Å². The first-order chi connectivity index (χ1) is 15.4. The second-order valence-corrected chi connectivity index (χ2v) is 7.24. The monoisotopic (exact) mass is 449 g/mol. The maximum atomic E-state index is 13.4. The summed E-state index contributed by atoms with van der Waals surface area (Å²) in [5.41, 5.74) is 1.12. The third kappa shape index (κ3) is 3.79. The summed E-state index contributed by atoms with van der Waals surface area (Å²) in [6, 6.07) is 18.8. The van der Waals surface area contributed by atoms with Crippen LogP contribution in [0.3, 0.4) is 0 Å². The number of para-hydroxylation sites is 2. The van der Waals surface area contributed by atoms with Gasteiger partial charge < -0.3 is 10.1 Å². The number of carbonyl (C=O) groups excluding carboxylic acids is 2. The Morgan fingerprint density at radius 1 is 0.969 bits per heavy atom. The number of nitro benzene ring substituents is 1. The molecule has 4 rings (SSSR count). The van der Waals surface area contributed by atoms with Crippen LogP contribution in [0, 0.1) is 10.1 Å². The van der Waals surface area contributed by atoms with Gasteiger partial charge in [0.25, 0.3) is 17.5 Å². The van der Waals surface area contributed by atoms with Crippen molar-refractivity contribution in [2.45, 2.75) is 0 Å². The number of ether oxygens (including phenoxy) is 1. The lowest BCUT2D eigenvalue weighted by Crippen LogP contribution is -2.32. The number of hydrogen-bond acceptors (Lipinski definition) is 6. The molecule has 1 aliphatic rings. The molecule has 0 radical (unpaired) electrons. The van der Waals surface area contributed by atoms with E-state index in [1.54, 1.807) is 42.5 Å². The fraction of sp³-hybridized carbons (Fsp3) is 0.0435. The molecule has 0 spiro atoms. The predicted octanol–water partition coefficient (Wildman–Crippen LogP) is 4.65. The fourth-order valence-electron chi connectivity index (χ4n) is 3.40. The maximum Gasteiger partial charge on any atom is 0.282 e. The number of amides is 2. The molecule has 9 heteroatoms. The van der Waals surface area contributed by atoms with Crippen molar-refractivity contribution in [3.05, 3.63) is 99.2 Å². The van der Waals surface area contributed by atoms with Gasteiger partial charge in [-0.15, -0.1) is 0 Å². The molecule has 3 aromatic rings. The number of imide groups is 1. The Kier molecular flexibility index (Phi) is 5.61. The van der Waals surface area contributed by atoms with E-state index in [0.717, 1.165) is 4.90 Å². The van der Waals surface area contributed by atoms with Crippen LogP contribution in [0.2, 0.25) is 5.02 Å². The van der Waals surface area contributed by atoms with Crippen LogP contribution in [-0.2, 0) is 9.59 Å². The van der Waals surface area contributed by atoms with Gasteiger partial charge >= 0.3 is 0 Å². The van der Waals surface area contributed by atoms with E-state index in [-0.39, 0.29) is 17.0 Å². The van der Waals surface area contributed by atoms with Crippen molar-refractivity contribution in [2.75, 3.05) is 17.3 Å². The number of rotatable bonds is 6. The van der Waals surface area contributed by atoms with E-state index in [2.05, 4.69) is 5.32 Å². The Hall–Kier alpha value is -4.17. The molecular formula is C23H16ClN3O5. The molecule has 3 aromatic carbocycles. The summed E-state index contributed by atoms with van der Waals surface area (Å²) < 4.78 is 5.34. The van der Waals surface area contributed by atoms with Crippen LogP contribution in [0.25, 0.3) is 5.57 Å². The second kappa shape index (κ2) is 8.52. The van der Waals surface area contributed by atoms with Gasteiger partial charge in [-0.2, -0.15) is 0 Å². The topological polar surface area (TPSA) is 102 Å². The van der Waals surface area contributed by atoms with Crippen molar-refractivity contribution < 1.29 is 19.2 Å². The highest BCUT2D eigenvalue weighted by atomic mass is 35.5. The van der Waals surface area contributed by atoms with Crippen molar-refractivity contribution in [2.24, 2.45) is 0 Å². The quantitative estimate of drug-likeness (QED) is 0.334. The van der Waals surface area contributed by atoms with Gasteiger partial charge in [-0.05, 0) is 48.0 Å². The first kappa shape index (κ1) is 21.1. The van der Waals surface area contributed by atoms with Crippen molar-refractivity contribution in [1.29, 1.82) is 0 Å². The molecule has 8 nitrogen and oxygen atoms in total. The molecule has 0 unspecified atom stereocenters. The highest BCUT2D eigenvalue weighted by molar-refractivity contribution is 6.46. The zero-order valence-corrected chi connectivity index (χ0v) is 17.5. The number of benzene rings is 3. The van der Waals surface area contributed by atoms with E-state index in [1.807, 2.05) is 0 Å². The normalized spacial score (nSPS) is 13.5. The van der Waals surface area contributed by atoms with Gasteiger partial charge in [-0.1, -0.05) is 29.8 Å². The molecule has 0 aromatic heterocycles. The molecule has 1 aliphatic heterocycles. The molecule has 32 heavy (non-hydrogen) atoms. The van der Waals surface area contributed by atoms with Gasteiger partial charge in [0.1, 0.15) is 11.4 Å². The molecule has 0 aliphatic carbocycles. The molecule has 0 bridgehead atoms. The minimum absolute atomic E-state index is 0.0216. The molecule has 0 atom stereocenters. The standard InChI is InChI=1S/C23H16ClN3O5/c1-32-19-8-3-2-7-18(19)25-21-20(14-9-11-16(12-10-14)27(30)31)22(28)26(23(21)29)17-6-4-5-15(24)13-17/h2-13,25H,1H3. The van der Waals surface area contributed by atoms with Crippen molar-refractivity contribution in [1.82, 2.24) is 0 Å². The van der Waals surface area contributed by atoms with E-state index in [4.69, 9.17) is 16.3 Å². The smallest absolute Gasteiger partial charge is 0.282 e. The SMILES string of the molecule is COc1ccccc1NC1=C(c2ccc([N+](=O)[O-])cc2)C(=O)N(c2cccc(Cl)c2)C1=O. The summed E-state index contributed by atoms with van der Waals surface area (Å²) in [6.07, 6.45) is 0. The molecule has 1 heterocycles. The molecule has 160 valence electrons. The molecule has 0 saturated heterocycles. The van der Waals surface area contributed by atoms with Crippen LogP contribution in [0.4, 0.5) is 17.1 Å². The third-order valence-corrected chi connectivity index (χ3v) is 5.12. The minimum atomic E-state index is -0.587. The summed E-state index contributed by atoms with van der Waals surface area (Å²) in [5, 5.41) is 14.4. The van der Waals surface area contributed by atoms with Gasteiger partial charge in [0.2, 0.25) is 0 Å². The molecule has 0 saturated carbocycles. The number of nitro groups is 1. The third-order valence-electron chi connectivity index (χ3n) is 4.88. The summed E-state index contributed by atoms with van der Waals surface area (Å²) in [7, 11) is 1.49. The minimum Gasteiger partial charge on any atom is -0.495 e. The van der Waals surface area contributed by atoms with Crippen LogP contribution in [0.5, 0.6) is 5.75 Å². The van der Waals surface area contributed by atoms with Crippen molar-refractivity contribution >= 4 is 46.1 Å². The largest absolute Gasteiger partial charge is 0.495 e. The van der Waals surface area contributed by atoms with Crippen LogP contribution >= 0.6 is 11.6 Å². The van der Waals surface area contributed by atoms with Crippen LogP contribution in [-0.4, -0.2) is 23.8 Å². The van der Waals surface area contributed by atoms with Gasteiger partial charge in [0, 0.05) is 17.2 Å². The number of halogens is 1. The van der Waals surface area contributed by atoms with Crippen LogP contribution < -0.4 is 15.0 Å². The predicted molar refractivity (Wildman–Crippen MR) is 121 cm³/mol. The summed E-state index contributed by atoms with van der Waals surface area (Å²) in [4.78, 5) is 38.3. The number of methoxy groups -OCH3 is 1. The Balaban J connectivity index is 1.84. The summed E-state index contributed by atoms with van der Waals surface area (Å²) in [5.74, 6) is -0.690. The first-order valence-electron chi connectivity index (χ1n) is 9.44. The Bertz CT molecular complexity index is 1270. The average Bonchev–Trinajstić information content (AvgIpc) is 3.03. The van der Waals surface area contributed by atoms with Gasteiger partial charge in [0.05, 0.1) is 29.0 Å². The number of nitrogens with zero attached hydrogens (tertiary/aromatic N) is 2. The van der Waals surface area contributed by atoms with E-state index in [1.165, 1.54) is 37.4 Å². The average molecular weight is 450 g/mol. The number of anilines is 2. The number of hydrogen-bond donors (Lipinski definition) is 1. The van der Waals surface area contributed by atoms with Crippen molar-refractivity contribution in [3.8, 4) is 5.75 Å². The fourth-order valence-corrected chi connectivity index (χ4v) is 3.58. The summed E-state index contributed by atoms with van der Waals surface area (Å²) in [6.45, 7) is 0. The molecule has 2 amide bonds. The zero-order valence-electron chi connectivity index (χ0n) is 16.7. The lowest BCUT2D eigenvalue weighted by atomic mass is 10.0. The number of non-ortho nitro benzene ring substituents is 1. The highest BCUT2D eigenvalue weighted by Gasteiger charge is 2.40. The lowest BCUT2D eigenvalue weighted by molar-refractivity contribution is -0.384. The maximum absolute atomic E-state index is 13.4. The van der Waals surface area contributed by atoms with Crippen molar-refractivity contribution in [3.63, 3.8) is 0 Å². The molecule has 1 N–H and O–H groups in total. The zero-order chi connectivity index (χ0) is 22.8. The number of carbonyl (C=O) groups is 2. The Morgan fingerprint density at radius 2 is 1.69 bits per heavy atom. The van der Waals surface area contributed by atoms with Gasteiger partial charge in [0.15, 0.2) is 0 Å². The van der Waals surface area contributed by atoms with Gasteiger partial charge in [-0.25, -0.2) is 4.90 Å². The van der Waals surface area contributed by atoms with E-state index in [9.17, 15) is 19.7 Å². The van der Waals surface area contributed by atoms with E-state index >= 15 is 0 Å². The van der Waals surface area contributed by atoms with Crippen LogP contribution in [0.1, 0.15) is 5.56 Å². The first-order valence-corrected chi connectivity index (χ1v) is 9.82. The molecular weight excluding hydrogens is 434 g/mol. The Morgan fingerprint density at radius 3 is 2.34 bits per heavy atom. The molecule has 0 fully saturated rings. The summed E-state index contributed by atoms with van der Waals surface area (Å²) >= 11 is 6.07. The lowest BCUT2D eigenvalue weighted by Gasteiger charge is -2.16. The highest BCUT2D eigenvalue weighted by Crippen LogP contribution is 2.36. The Labute approximate surface area is 187 Å². The van der Waals surface area contributed by atoms with E-state index < -0.39 is 16.7 Å². The number of nitrogens with one attached hydrogen (secondary N) is 1. The second-order valence-electron chi connectivity index (χ2n) is 6.80.